The van der Waals surface area contributed by atoms with Gasteiger partial charge in [0.05, 0.1) is 17.6 Å². The van der Waals surface area contributed by atoms with Crippen LogP contribution in [0.2, 0.25) is 0 Å². The first kappa shape index (κ1) is 32.8. The van der Waals surface area contributed by atoms with Crippen molar-refractivity contribution in [3.05, 3.63) is 70.2 Å². The maximum absolute atomic E-state index is 14.1. The number of H-pyrrole nitrogens is 1. The van der Waals surface area contributed by atoms with Crippen LogP contribution in [-0.2, 0) is 27.3 Å². The van der Waals surface area contributed by atoms with Crippen LogP contribution in [0.1, 0.15) is 30.7 Å². The number of amides is 3. The molecule has 0 saturated heterocycles. The lowest BCUT2D eigenvalue weighted by Crippen LogP contribution is -2.37. The van der Waals surface area contributed by atoms with Gasteiger partial charge in [-0.15, -0.1) is 0 Å². The minimum atomic E-state index is -4.43. The number of allylic oxidation sites excluding steroid dienone is 1. The second kappa shape index (κ2) is 14.0. The Morgan fingerprint density at radius 2 is 1.88 bits per heavy atom. The van der Waals surface area contributed by atoms with Gasteiger partial charge in [-0.1, -0.05) is 6.08 Å². The molecule has 3 aromatic rings. The Kier molecular flexibility index (Phi) is 10.7. The van der Waals surface area contributed by atoms with E-state index in [1.54, 1.807) is 14.1 Å². The number of pyridine rings is 1. The maximum atomic E-state index is 14.1. The number of aromatic amines is 1. The molecule has 3 amide bonds. The maximum Gasteiger partial charge on any atom is 0.410 e. The molecule has 3 rings (SSSR count). The van der Waals surface area contributed by atoms with E-state index in [2.05, 4.69) is 15.3 Å². The van der Waals surface area contributed by atoms with E-state index in [9.17, 15) is 36.7 Å². The topological polar surface area (TPSA) is 130 Å². The number of imidazole rings is 1. The molecule has 15 heteroatoms. The zero-order valence-electron chi connectivity index (χ0n) is 24.0. The number of carbonyl (C=O) groups is 3. The van der Waals surface area contributed by atoms with Gasteiger partial charge >= 0.3 is 12.3 Å². The van der Waals surface area contributed by atoms with Gasteiger partial charge in [0.2, 0.25) is 5.91 Å². The highest BCUT2D eigenvalue weighted by Crippen LogP contribution is 2.26. The van der Waals surface area contributed by atoms with Gasteiger partial charge in [0.1, 0.15) is 17.3 Å². The zero-order valence-corrected chi connectivity index (χ0v) is 24.0. The first-order valence-corrected chi connectivity index (χ1v) is 13.1. The van der Waals surface area contributed by atoms with Crippen LogP contribution in [0.15, 0.2) is 47.4 Å². The summed E-state index contributed by atoms with van der Waals surface area (Å²) in [5, 5.41) is 2.47. The van der Waals surface area contributed by atoms with E-state index in [1.165, 1.54) is 54.0 Å². The minimum absolute atomic E-state index is 0.0237. The molecule has 43 heavy (non-hydrogen) atoms. The fourth-order valence-corrected chi connectivity index (χ4v) is 3.93. The van der Waals surface area contributed by atoms with Crippen molar-refractivity contribution >= 4 is 34.6 Å². The number of aromatic nitrogens is 3. The predicted molar refractivity (Wildman–Crippen MR) is 150 cm³/mol. The number of nitrogens with one attached hydrogen (secondary N) is 2. The van der Waals surface area contributed by atoms with Gasteiger partial charge in [-0.3, -0.25) is 14.4 Å². The van der Waals surface area contributed by atoms with E-state index in [1.807, 2.05) is 0 Å². The molecule has 0 aliphatic rings. The van der Waals surface area contributed by atoms with Crippen molar-refractivity contribution < 1.29 is 36.7 Å². The average molecular weight is 609 g/mol. The van der Waals surface area contributed by atoms with Gasteiger partial charge < -0.3 is 29.4 Å². The number of halogens is 4. The van der Waals surface area contributed by atoms with Crippen LogP contribution in [0.3, 0.4) is 0 Å². The SMILES string of the molecule is CN(C)C(=O)C=CCCC(OC(=O)N(C)C)C(=O)Nc1cccn(Cc2nc3c(CCC(F)(F)F)cc(F)cc3[nH]2)c1=O. The van der Waals surface area contributed by atoms with Gasteiger partial charge in [-0.2, -0.15) is 13.2 Å². The van der Waals surface area contributed by atoms with Crippen molar-refractivity contribution in [2.75, 3.05) is 33.5 Å². The fourth-order valence-electron chi connectivity index (χ4n) is 3.93. The number of fused-ring (bicyclic) bond motifs is 1. The van der Waals surface area contributed by atoms with Gasteiger partial charge in [0.25, 0.3) is 11.5 Å². The summed E-state index contributed by atoms with van der Waals surface area (Å²) in [6.07, 6.45) is -3.61. The van der Waals surface area contributed by atoms with Crippen molar-refractivity contribution in [2.24, 2.45) is 0 Å². The first-order chi connectivity index (χ1) is 20.1. The summed E-state index contributed by atoms with van der Waals surface area (Å²) in [5.41, 5.74) is -0.372. The standard InChI is InChI=1S/C28H32F4N6O5/c1-36(2)23(39)10-6-5-9-21(43-27(42)37(3)4)25(40)34-19-8-7-13-38(26(19)41)16-22-33-20-15-18(29)14-17(24(20)35-22)11-12-28(30,31)32/h6-8,10,13-15,21H,5,9,11-12,16H2,1-4H3,(H,33,35)(H,34,40). The van der Waals surface area contributed by atoms with Crippen molar-refractivity contribution in [2.45, 2.75) is 44.5 Å². The van der Waals surface area contributed by atoms with E-state index in [4.69, 9.17) is 4.74 Å². The molecular formula is C28H32F4N6O5. The van der Waals surface area contributed by atoms with E-state index < -0.39 is 48.5 Å². The van der Waals surface area contributed by atoms with Crippen LogP contribution in [0, 0.1) is 5.82 Å². The summed E-state index contributed by atoms with van der Waals surface area (Å²) in [5.74, 6) is -1.59. The molecule has 0 bridgehead atoms. The fraction of sp³-hybridized carbons (Fsp3) is 0.393. The number of nitrogens with zero attached hydrogens (tertiary/aromatic N) is 4. The molecular weight excluding hydrogens is 576 g/mol. The Morgan fingerprint density at radius 3 is 2.53 bits per heavy atom. The number of ether oxygens (including phenoxy) is 1. The molecule has 0 fully saturated rings. The highest BCUT2D eigenvalue weighted by molar-refractivity contribution is 5.95. The molecule has 11 nitrogen and oxygen atoms in total. The van der Waals surface area contributed by atoms with Gasteiger partial charge in [0, 0.05) is 40.8 Å². The first-order valence-electron chi connectivity index (χ1n) is 13.1. The second-order valence-electron chi connectivity index (χ2n) is 10.1. The lowest BCUT2D eigenvalue weighted by atomic mass is 10.1. The van der Waals surface area contributed by atoms with Gasteiger partial charge in [-0.25, -0.2) is 14.2 Å². The molecule has 1 unspecified atom stereocenters. The van der Waals surface area contributed by atoms with Crippen LogP contribution in [0.4, 0.5) is 28.0 Å². The number of likely N-dealkylation sites (N-methyl/N-ethyl adjacent to an activating group) is 1. The van der Waals surface area contributed by atoms with Crippen LogP contribution < -0.4 is 10.9 Å². The predicted octanol–water partition coefficient (Wildman–Crippen LogP) is 3.84. The largest absolute Gasteiger partial charge is 0.436 e. The average Bonchev–Trinajstić information content (AvgIpc) is 3.32. The Balaban J connectivity index is 1.79. The van der Waals surface area contributed by atoms with E-state index in [0.29, 0.717) is 0 Å². The smallest absolute Gasteiger partial charge is 0.410 e. The van der Waals surface area contributed by atoms with Gasteiger partial charge in [-0.05, 0) is 55.2 Å². The van der Waals surface area contributed by atoms with Crippen molar-refractivity contribution in [1.29, 1.82) is 0 Å². The molecule has 0 aliphatic heterocycles. The summed E-state index contributed by atoms with van der Waals surface area (Å²) in [4.78, 5) is 59.7. The summed E-state index contributed by atoms with van der Waals surface area (Å²) >= 11 is 0. The third kappa shape index (κ3) is 9.41. The highest BCUT2D eigenvalue weighted by Gasteiger charge is 2.28. The van der Waals surface area contributed by atoms with Gasteiger partial charge in [0.15, 0.2) is 6.10 Å². The molecule has 1 aromatic carbocycles. The lowest BCUT2D eigenvalue weighted by molar-refractivity contribution is -0.134. The van der Waals surface area contributed by atoms with Crippen molar-refractivity contribution in [3.63, 3.8) is 0 Å². The van der Waals surface area contributed by atoms with Crippen LogP contribution >= 0.6 is 0 Å². The molecule has 0 saturated carbocycles. The number of rotatable bonds is 11. The molecule has 2 aromatic heterocycles. The summed E-state index contributed by atoms with van der Waals surface area (Å²) in [7, 11) is 6.04. The minimum Gasteiger partial charge on any atom is -0.436 e. The zero-order chi connectivity index (χ0) is 31.9. The number of aryl methyl sites for hydroxylation is 1. The molecule has 2 heterocycles. The van der Waals surface area contributed by atoms with E-state index >= 15 is 0 Å². The second-order valence-corrected chi connectivity index (χ2v) is 10.1. The lowest BCUT2D eigenvalue weighted by Gasteiger charge is -2.19. The number of carbonyl (C=O) groups excluding carboxylic acids is 3. The Labute approximate surface area is 244 Å². The van der Waals surface area contributed by atoms with Crippen LogP contribution in [0.25, 0.3) is 11.0 Å². The Bertz CT molecular complexity index is 1560. The van der Waals surface area contributed by atoms with Crippen molar-refractivity contribution in [1.82, 2.24) is 24.3 Å². The van der Waals surface area contributed by atoms with Crippen molar-refractivity contribution in [3.8, 4) is 0 Å². The number of hydrogen-bond acceptors (Lipinski definition) is 6. The molecule has 0 spiro atoms. The summed E-state index contributed by atoms with van der Waals surface area (Å²) in [6.45, 7) is -0.165. The third-order valence-corrected chi connectivity index (χ3v) is 6.15. The third-order valence-electron chi connectivity index (χ3n) is 6.15. The summed E-state index contributed by atoms with van der Waals surface area (Å²) in [6, 6.07) is 4.92. The van der Waals surface area contributed by atoms with E-state index in [-0.39, 0.29) is 53.4 Å². The summed E-state index contributed by atoms with van der Waals surface area (Å²) < 4.78 is 58.8. The quantitative estimate of drug-likeness (QED) is 0.252. The Morgan fingerprint density at radius 1 is 1.16 bits per heavy atom. The van der Waals surface area contributed by atoms with E-state index in [0.717, 1.165) is 17.0 Å². The number of benzene rings is 1. The molecule has 1 atom stereocenters. The molecule has 0 aliphatic carbocycles. The molecule has 232 valence electrons. The number of anilines is 1. The molecule has 2 N–H and O–H groups in total. The van der Waals surface area contributed by atoms with Crippen LogP contribution in [-0.4, -0.2) is 82.7 Å². The highest BCUT2D eigenvalue weighted by atomic mass is 19.4. The molecule has 0 radical (unpaired) electrons. The number of hydrogen-bond donors (Lipinski definition) is 2. The number of alkyl halides is 3. The van der Waals surface area contributed by atoms with Crippen LogP contribution in [0.5, 0.6) is 0 Å². The Hall–Kier alpha value is -4.69. The monoisotopic (exact) mass is 608 g/mol. The normalized spacial score (nSPS) is 12.4.